The van der Waals surface area contributed by atoms with Gasteiger partial charge in [0.25, 0.3) is 0 Å². The summed E-state index contributed by atoms with van der Waals surface area (Å²) in [5, 5.41) is 2.96. The molecule has 0 aromatic heterocycles. The van der Waals surface area contributed by atoms with Crippen LogP contribution in [0.4, 0.5) is 5.69 Å². The summed E-state index contributed by atoms with van der Waals surface area (Å²) in [4.78, 5) is 12.8. The van der Waals surface area contributed by atoms with Crippen LogP contribution < -0.4 is 19.5 Å². The van der Waals surface area contributed by atoms with Crippen molar-refractivity contribution in [2.45, 2.75) is 12.3 Å². The molecule has 0 saturated carbocycles. The average molecular weight is 391 g/mol. The molecule has 3 rings (SSSR count). The second-order valence-electron chi connectivity index (χ2n) is 6.58. The van der Waals surface area contributed by atoms with E-state index >= 15 is 0 Å². The molecule has 0 atom stereocenters. The Labute approximate surface area is 171 Å². The summed E-state index contributed by atoms with van der Waals surface area (Å²) in [6.45, 7) is 0. The molecule has 5 heteroatoms. The first-order chi connectivity index (χ1) is 14.1. The SMILES string of the molecule is COc1ccc(NC(=O)CC(c2ccc(OC)cc2)c2ccc(OC)cc2)cc1. The van der Waals surface area contributed by atoms with Crippen molar-refractivity contribution >= 4 is 11.6 Å². The number of nitrogens with one attached hydrogen (secondary N) is 1. The van der Waals surface area contributed by atoms with Crippen LogP contribution in [0.5, 0.6) is 17.2 Å². The number of ether oxygens (including phenoxy) is 3. The summed E-state index contributed by atoms with van der Waals surface area (Å²) in [6, 6.07) is 22.9. The van der Waals surface area contributed by atoms with E-state index in [1.807, 2.05) is 72.8 Å². The highest BCUT2D eigenvalue weighted by molar-refractivity contribution is 5.91. The number of carbonyl (C=O) groups excluding carboxylic acids is 1. The normalized spacial score (nSPS) is 10.5. The Bertz CT molecular complexity index is 871. The van der Waals surface area contributed by atoms with Crippen LogP contribution in [0.1, 0.15) is 23.5 Å². The van der Waals surface area contributed by atoms with Crippen molar-refractivity contribution in [3.05, 3.63) is 83.9 Å². The van der Waals surface area contributed by atoms with E-state index in [0.29, 0.717) is 6.42 Å². The molecule has 0 bridgehead atoms. The topological polar surface area (TPSA) is 56.8 Å². The van der Waals surface area contributed by atoms with Crippen LogP contribution in [0.25, 0.3) is 0 Å². The first-order valence-electron chi connectivity index (χ1n) is 9.34. The van der Waals surface area contributed by atoms with Crippen molar-refractivity contribution < 1.29 is 19.0 Å². The van der Waals surface area contributed by atoms with Gasteiger partial charge >= 0.3 is 0 Å². The smallest absolute Gasteiger partial charge is 0.225 e. The van der Waals surface area contributed by atoms with E-state index in [0.717, 1.165) is 34.1 Å². The number of hydrogen-bond donors (Lipinski definition) is 1. The molecule has 29 heavy (non-hydrogen) atoms. The summed E-state index contributed by atoms with van der Waals surface area (Å²) < 4.78 is 15.7. The molecule has 0 aliphatic carbocycles. The Kier molecular flexibility index (Phi) is 6.74. The summed E-state index contributed by atoms with van der Waals surface area (Å²) in [6.07, 6.45) is 0.310. The van der Waals surface area contributed by atoms with Gasteiger partial charge in [-0.05, 0) is 59.7 Å². The molecule has 3 aromatic rings. The van der Waals surface area contributed by atoms with Crippen LogP contribution in [-0.4, -0.2) is 27.2 Å². The lowest BCUT2D eigenvalue weighted by Gasteiger charge is -2.19. The third-order valence-electron chi connectivity index (χ3n) is 4.80. The van der Waals surface area contributed by atoms with Gasteiger partial charge in [-0.15, -0.1) is 0 Å². The molecule has 0 heterocycles. The first-order valence-corrected chi connectivity index (χ1v) is 9.34. The van der Waals surface area contributed by atoms with E-state index in [9.17, 15) is 4.79 Å². The van der Waals surface area contributed by atoms with E-state index in [4.69, 9.17) is 14.2 Å². The van der Waals surface area contributed by atoms with Crippen LogP contribution in [0.2, 0.25) is 0 Å². The third-order valence-corrected chi connectivity index (χ3v) is 4.80. The summed E-state index contributed by atoms with van der Waals surface area (Å²) in [5.41, 5.74) is 2.82. The number of carbonyl (C=O) groups is 1. The van der Waals surface area contributed by atoms with Gasteiger partial charge in [0.15, 0.2) is 0 Å². The summed E-state index contributed by atoms with van der Waals surface area (Å²) in [7, 11) is 4.89. The Balaban J connectivity index is 1.81. The maximum Gasteiger partial charge on any atom is 0.225 e. The first kappa shape index (κ1) is 20.3. The van der Waals surface area contributed by atoms with Crippen molar-refractivity contribution in [2.24, 2.45) is 0 Å². The maximum absolute atomic E-state index is 12.8. The Morgan fingerprint density at radius 1 is 0.690 bits per heavy atom. The highest BCUT2D eigenvalue weighted by atomic mass is 16.5. The second kappa shape index (κ2) is 9.64. The van der Waals surface area contributed by atoms with Crippen LogP contribution >= 0.6 is 0 Å². The number of hydrogen-bond acceptors (Lipinski definition) is 4. The molecule has 0 radical (unpaired) electrons. The molecular formula is C24H25NO4. The van der Waals surface area contributed by atoms with Crippen LogP contribution in [-0.2, 0) is 4.79 Å². The van der Waals surface area contributed by atoms with Gasteiger partial charge < -0.3 is 19.5 Å². The van der Waals surface area contributed by atoms with Crippen molar-refractivity contribution in [3.8, 4) is 17.2 Å². The minimum absolute atomic E-state index is 0.0631. The number of benzene rings is 3. The van der Waals surface area contributed by atoms with Gasteiger partial charge in [0.05, 0.1) is 21.3 Å². The van der Waals surface area contributed by atoms with Crippen molar-refractivity contribution in [1.29, 1.82) is 0 Å². The van der Waals surface area contributed by atoms with Gasteiger partial charge in [-0.2, -0.15) is 0 Å². The van der Waals surface area contributed by atoms with Gasteiger partial charge in [-0.25, -0.2) is 0 Å². The zero-order valence-corrected chi connectivity index (χ0v) is 16.8. The van der Waals surface area contributed by atoms with E-state index in [1.54, 1.807) is 21.3 Å². The fraction of sp³-hybridized carbons (Fsp3) is 0.208. The maximum atomic E-state index is 12.8. The molecular weight excluding hydrogens is 366 g/mol. The zero-order valence-electron chi connectivity index (χ0n) is 16.8. The predicted molar refractivity (Wildman–Crippen MR) is 114 cm³/mol. The van der Waals surface area contributed by atoms with Crippen molar-refractivity contribution in [3.63, 3.8) is 0 Å². The summed E-state index contributed by atoms with van der Waals surface area (Å²) in [5.74, 6) is 2.16. The molecule has 150 valence electrons. The van der Waals surface area contributed by atoms with E-state index < -0.39 is 0 Å². The number of rotatable bonds is 8. The Morgan fingerprint density at radius 3 is 1.45 bits per heavy atom. The number of anilines is 1. The monoisotopic (exact) mass is 391 g/mol. The lowest BCUT2D eigenvalue weighted by molar-refractivity contribution is -0.116. The summed E-state index contributed by atoms with van der Waals surface area (Å²) >= 11 is 0. The highest BCUT2D eigenvalue weighted by Crippen LogP contribution is 2.31. The predicted octanol–water partition coefficient (Wildman–Crippen LogP) is 4.87. The minimum atomic E-state index is -0.0925. The molecule has 0 aliphatic rings. The molecule has 5 nitrogen and oxygen atoms in total. The van der Waals surface area contributed by atoms with Crippen LogP contribution in [0, 0.1) is 0 Å². The molecule has 0 aliphatic heterocycles. The quantitative estimate of drug-likeness (QED) is 0.595. The molecule has 1 N–H and O–H groups in total. The van der Waals surface area contributed by atoms with E-state index in [-0.39, 0.29) is 11.8 Å². The number of methoxy groups -OCH3 is 3. The van der Waals surface area contributed by atoms with E-state index in [2.05, 4.69) is 5.32 Å². The number of amides is 1. The molecule has 0 unspecified atom stereocenters. The van der Waals surface area contributed by atoms with Gasteiger partial charge in [-0.3, -0.25) is 4.79 Å². The lowest BCUT2D eigenvalue weighted by Crippen LogP contribution is -2.16. The Hall–Kier alpha value is -3.47. The fourth-order valence-electron chi connectivity index (χ4n) is 3.17. The second-order valence-corrected chi connectivity index (χ2v) is 6.58. The minimum Gasteiger partial charge on any atom is -0.497 e. The van der Waals surface area contributed by atoms with Crippen molar-refractivity contribution in [1.82, 2.24) is 0 Å². The van der Waals surface area contributed by atoms with Gasteiger partial charge in [0.1, 0.15) is 17.2 Å². The molecule has 0 saturated heterocycles. The fourth-order valence-corrected chi connectivity index (χ4v) is 3.17. The average Bonchev–Trinajstić information content (AvgIpc) is 2.78. The van der Waals surface area contributed by atoms with Gasteiger partial charge in [-0.1, -0.05) is 24.3 Å². The standard InChI is InChI=1S/C24H25NO4/c1-27-20-10-4-17(5-11-20)23(18-6-12-21(28-2)13-7-18)16-24(26)25-19-8-14-22(29-3)15-9-19/h4-15,23H,16H2,1-3H3,(H,25,26). The largest absolute Gasteiger partial charge is 0.497 e. The molecule has 1 amide bonds. The molecule has 0 fully saturated rings. The highest BCUT2D eigenvalue weighted by Gasteiger charge is 2.19. The molecule has 0 spiro atoms. The van der Waals surface area contributed by atoms with Gasteiger partial charge in [0, 0.05) is 18.0 Å². The van der Waals surface area contributed by atoms with Crippen molar-refractivity contribution in [2.75, 3.05) is 26.6 Å². The Morgan fingerprint density at radius 2 is 1.07 bits per heavy atom. The zero-order chi connectivity index (χ0) is 20.6. The van der Waals surface area contributed by atoms with Gasteiger partial charge in [0.2, 0.25) is 5.91 Å². The molecule has 3 aromatic carbocycles. The van der Waals surface area contributed by atoms with Crippen LogP contribution in [0.3, 0.4) is 0 Å². The third kappa shape index (κ3) is 5.29. The lowest BCUT2D eigenvalue weighted by atomic mass is 9.88. The van der Waals surface area contributed by atoms with Crippen LogP contribution in [0.15, 0.2) is 72.8 Å². The van der Waals surface area contributed by atoms with E-state index in [1.165, 1.54) is 0 Å².